The molecule has 10 heavy (non-hydrogen) atoms. The lowest BCUT2D eigenvalue weighted by atomic mass is 10.1. The second-order valence-corrected chi connectivity index (χ2v) is 4.14. The molecule has 0 aromatic heterocycles. The molecule has 2 aliphatic rings. The molecular weight excluding hydrogens is 120 g/mol. The fourth-order valence-corrected chi connectivity index (χ4v) is 2.17. The van der Waals surface area contributed by atoms with Crippen LogP contribution in [0.3, 0.4) is 0 Å². The topological polar surface area (TPSA) is 0 Å². The minimum absolute atomic E-state index is 1.17. The van der Waals surface area contributed by atoms with Crippen molar-refractivity contribution >= 4 is 0 Å². The van der Waals surface area contributed by atoms with Gasteiger partial charge < -0.3 is 0 Å². The Labute approximate surface area is 64.0 Å². The van der Waals surface area contributed by atoms with Crippen LogP contribution in [0.2, 0.25) is 0 Å². The average Bonchev–Trinajstić information content (AvgIpc) is 2.77. The van der Waals surface area contributed by atoms with E-state index >= 15 is 0 Å². The van der Waals surface area contributed by atoms with E-state index in [1.807, 2.05) is 0 Å². The third-order valence-corrected chi connectivity index (χ3v) is 3.13. The third kappa shape index (κ3) is 1.36. The van der Waals surface area contributed by atoms with Crippen LogP contribution in [0.15, 0.2) is 0 Å². The van der Waals surface area contributed by atoms with E-state index in [-0.39, 0.29) is 0 Å². The summed E-state index contributed by atoms with van der Waals surface area (Å²) in [4.78, 5) is 0. The summed E-state index contributed by atoms with van der Waals surface area (Å²) in [5.74, 6) is 3.57. The molecule has 0 aromatic carbocycles. The Morgan fingerprint density at radius 3 is 2.70 bits per heavy atom. The quantitative estimate of drug-likeness (QED) is 0.559. The molecule has 0 nitrogen and oxygen atoms in total. The van der Waals surface area contributed by atoms with Crippen LogP contribution in [-0.2, 0) is 0 Å². The van der Waals surface area contributed by atoms with E-state index < -0.39 is 0 Å². The highest BCUT2D eigenvalue weighted by Gasteiger charge is 2.46. The largest absolute Gasteiger partial charge is 0.0654 e. The van der Waals surface area contributed by atoms with E-state index in [2.05, 4.69) is 6.92 Å². The first-order chi connectivity index (χ1) is 4.92. The van der Waals surface area contributed by atoms with E-state index in [4.69, 9.17) is 0 Å². The normalized spacial score (nSPS) is 38.1. The van der Waals surface area contributed by atoms with Crippen molar-refractivity contribution in [3.63, 3.8) is 0 Å². The number of rotatable bonds is 4. The van der Waals surface area contributed by atoms with Gasteiger partial charge in [0.05, 0.1) is 0 Å². The van der Waals surface area contributed by atoms with Gasteiger partial charge in [-0.1, -0.05) is 26.2 Å². The number of unbranched alkanes of at least 4 members (excludes halogenated alkanes) is 1. The molecular formula is C10H18. The molecule has 0 saturated heterocycles. The molecule has 0 radical (unpaired) electrons. The van der Waals surface area contributed by atoms with Crippen LogP contribution < -0.4 is 0 Å². The molecule has 0 bridgehead atoms. The maximum atomic E-state index is 2.30. The summed E-state index contributed by atoms with van der Waals surface area (Å²) in [6, 6.07) is 0. The summed E-state index contributed by atoms with van der Waals surface area (Å²) >= 11 is 0. The zero-order chi connectivity index (χ0) is 6.97. The molecule has 2 rings (SSSR count). The van der Waals surface area contributed by atoms with Crippen molar-refractivity contribution in [3.05, 3.63) is 0 Å². The van der Waals surface area contributed by atoms with Crippen LogP contribution in [-0.4, -0.2) is 0 Å². The van der Waals surface area contributed by atoms with E-state index in [0.29, 0.717) is 0 Å². The van der Waals surface area contributed by atoms with Crippen molar-refractivity contribution in [1.29, 1.82) is 0 Å². The van der Waals surface area contributed by atoms with Gasteiger partial charge in [-0.25, -0.2) is 0 Å². The molecule has 2 fully saturated rings. The van der Waals surface area contributed by atoms with Gasteiger partial charge in [-0.3, -0.25) is 0 Å². The monoisotopic (exact) mass is 138 g/mol. The second-order valence-electron chi connectivity index (χ2n) is 4.14. The van der Waals surface area contributed by atoms with Gasteiger partial charge in [0.1, 0.15) is 0 Å². The first-order valence-corrected chi connectivity index (χ1v) is 4.92. The molecule has 0 heteroatoms. The molecule has 0 heterocycles. The van der Waals surface area contributed by atoms with Crippen LogP contribution in [0.1, 0.15) is 45.4 Å². The summed E-state index contributed by atoms with van der Waals surface area (Å²) < 4.78 is 0. The van der Waals surface area contributed by atoms with Gasteiger partial charge in [0.15, 0.2) is 0 Å². The van der Waals surface area contributed by atoms with Gasteiger partial charge in [0, 0.05) is 0 Å². The van der Waals surface area contributed by atoms with Gasteiger partial charge in [-0.15, -0.1) is 0 Å². The van der Waals surface area contributed by atoms with Gasteiger partial charge in [-0.2, -0.15) is 0 Å². The van der Waals surface area contributed by atoms with Crippen molar-refractivity contribution in [2.75, 3.05) is 0 Å². The van der Waals surface area contributed by atoms with Crippen molar-refractivity contribution < 1.29 is 0 Å². The summed E-state index contributed by atoms with van der Waals surface area (Å²) in [7, 11) is 0. The lowest BCUT2D eigenvalue weighted by Crippen LogP contribution is -1.84. The fraction of sp³-hybridized carbons (Fsp3) is 1.00. The lowest BCUT2D eigenvalue weighted by Gasteiger charge is -1.94. The Kier molecular flexibility index (Phi) is 1.71. The fourth-order valence-electron chi connectivity index (χ4n) is 2.17. The Hall–Kier alpha value is 0. The van der Waals surface area contributed by atoms with Gasteiger partial charge in [0.2, 0.25) is 0 Å². The first-order valence-electron chi connectivity index (χ1n) is 4.92. The summed E-state index contributed by atoms with van der Waals surface area (Å²) in [5.41, 5.74) is 0. The Morgan fingerprint density at radius 1 is 1.30 bits per heavy atom. The minimum atomic E-state index is 1.17. The lowest BCUT2D eigenvalue weighted by molar-refractivity contribution is 0.567. The number of hydrogen-bond acceptors (Lipinski definition) is 0. The molecule has 2 aliphatic carbocycles. The Balaban J connectivity index is 1.60. The first kappa shape index (κ1) is 6.69. The minimum Gasteiger partial charge on any atom is -0.0654 e. The van der Waals surface area contributed by atoms with Crippen molar-refractivity contribution in [2.45, 2.75) is 45.4 Å². The molecule has 2 saturated carbocycles. The van der Waals surface area contributed by atoms with Crippen LogP contribution in [0.4, 0.5) is 0 Å². The summed E-state index contributed by atoms with van der Waals surface area (Å²) in [6.07, 6.45) is 9.13. The van der Waals surface area contributed by atoms with Gasteiger partial charge >= 0.3 is 0 Å². The van der Waals surface area contributed by atoms with Crippen LogP contribution >= 0.6 is 0 Å². The zero-order valence-corrected chi connectivity index (χ0v) is 6.97. The van der Waals surface area contributed by atoms with Gasteiger partial charge in [0.25, 0.3) is 0 Å². The zero-order valence-electron chi connectivity index (χ0n) is 6.97. The van der Waals surface area contributed by atoms with Crippen LogP contribution in [0, 0.1) is 17.8 Å². The van der Waals surface area contributed by atoms with E-state index in [1.54, 1.807) is 19.3 Å². The Morgan fingerprint density at radius 2 is 2.10 bits per heavy atom. The van der Waals surface area contributed by atoms with Gasteiger partial charge in [-0.05, 0) is 37.0 Å². The molecule has 0 spiro atoms. The van der Waals surface area contributed by atoms with E-state index in [0.717, 1.165) is 0 Å². The molecule has 2 atom stereocenters. The second kappa shape index (κ2) is 2.56. The van der Waals surface area contributed by atoms with E-state index in [9.17, 15) is 0 Å². The highest BCUT2D eigenvalue weighted by molar-refractivity contribution is 4.96. The van der Waals surface area contributed by atoms with Crippen molar-refractivity contribution in [2.24, 2.45) is 17.8 Å². The SMILES string of the molecule is CCCCC1CC1C1CC1. The van der Waals surface area contributed by atoms with Crippen LogP contribution in [0.25, 0.3) is 0 Å². The summed E-state index contributed by atoms with van der Waals surface area (Å²) in [5, 5.41) is 0. The maximum absolute atomic E-state index is 2.30. The van der Waals surface area contributed by atoms with Crippen LogP contribution in [0.5, 0.6) is 0 Å². The third-order valence-electron chi connectivity index (χ3n) is 3.13. The molecule has 0 aromatic rings. The molecule has 2 unspecified atom stereocenters. The highest BCUT2D eigenvalue weighted by atomic mass is 14.5. The van der Waals surface area contributed by atoms with Crippen molar-refractivity contribution in [1.82, 2.24) is 0 Å². The predicted molar refractivity (Wildman–Crippen MR) is 43.8 cm³/mol. The molecule has 0 N–H and O–H groups in total. The average molecular weight is 138 g/mol. The molecule has 58 valence electrons. The molecule has 0 aliphatic heterocycles. The maximum Gasteiger partial charge on any atom is -0.0355 e. The standard InChI is InChI=1S/C10H18/c1-2-3-4-9-7-10(9)8-5-6-8/h8-10H,2-7H2,1H3. The molecule has 0 amide bonds. The van der Waals surface area contributed by atoms with Crippen molar-refractivity contribution in [3.8, 4) is 0 Å². The summed E-state index contributed by atoms with van der Waals surface area (Å²) in [6.45, 7) is 2.30. The smallest absolute Gasteiger partial charge is 0.0355 e. The Bertz CT molecular complexity index is 113. The highest BCUT2D eigenvalue weighted by Crippen LogP contribution is 2.55. The predicted octanol–water partition coefficient (Wildman–Crippen LogP) is 3.22. The number of hydrogen-bond donors (Lipinski definition) is 0. The van der Waals surface area contributed by atoms with E-state index in [1.165, 1.54) is 37.0 Å².